The van der Waals surface area contributed by atoms with Crippen molar-refractivity contribution in [1.29, 1.82) is 0 Å². The smallest absolute Gasteiger partial charge is 0.257 e. The number of rotatable bonds is 5. The normalized spacial score (nSPS) is 22.6. The van der Waals surface area contributed by atoms with E-state index >= 15 is 0 Å². The first-order chi connectivity index (χ1) is 15.4. The Kier molecular flexibility index (Phi) is 6.76. The standard InChI is InChI=1S/C23H27N3O5S/c1-24-21(27)11-15-6-7-18-20(31-15)13-30-19-8-5-14(10-17(19)23(29)26(18)2)25-22(28)12-16-4-3-9-32-16/h3-5,8-10,15,18,20H,6-7,11-13H2,1-2H3,(H,24,27)(H,25,28)/t15-,18+,20+/m0/s1. The first-order valence-electron chi connectivity index (χ1n) is 10.7. The lowest BCUT2D eigenvalue weighted by Crippen LogP contribution is -2.53. The summed E-state index contributed by atoms with van der Waals surface area (Å²) in [7, 11) is 3.37. The maximum atomic E-state index is 13.3. The second-order valence-corrected chi connectivity index (χ2v) is 9.09. The number of carbonyl (C=O) groups excluding carboxylic acids is 3. The number of anilines is 1. The Morgan fingerprint density at radius 3 is 2.81 bits per heavy atom. The molecule has 32 heavy (non-hydrogen) atoms. The van der Waals surface area contributed by atoms with E-state index in [0.717, 1.165) is 11.3 Å². The molecule has 4 rings (SSSR count). The van der Waals surface area contributed by atoms with E-state index in [4.69, 9.17) is 9.47 Å². The Labute approximate surface area is 190 Å². The van der Waals surface area contributed by atoms with Crippen molar-refractivity contribution in [2.75, 3.05) is 26.0 Å². The van der Waals surface area contributed by atoms with Crippen LogP contribution < -0.4 is 15.4 Å². The number of hydrogen-bond acceptors (Lipinski definition) is 6. The van der Waals surface area contributed by atoms with Gasteiger partial charge in [-0.15, -0.1) is 11.3 Å². The van der Waals surface area contributed by atoms with Crippen molar-refractivity contribution in [3.05, 3.63) is 46.2 Å². The van der Waals surface area contributed by atoms with Crippen LogP contribution in [0.25, 0.3) is 0 Å². The summed E-state index contributed by atoms with van der Waals surface area (Å²) in [5, 5.41) is 7.42. The average molecular weight is 458 g/mol. The molecule has 1 aromatic heterocycles. The number of benzene rings is 1. The van der Waals surface area contributed by atoms with Crippen molar-refractivity contribution in [3.63, 3.8) is 0 Å². The van der Waals surface area contributed by atoms with Gasteiger partial charge in [-0.05, 0) is 42.5 Å². The SMILES string of the molecule is CNC(=O)C[C@@H]1CC[C@@H]2[C@@H](COc3ccc(NC(=O)Cc4cccs4)cc3C(=O)N2C)O1. The molecule has 0 aliphatic carbocycles. The summed E-state index contributed by atoms with van der Waals surface area (Å²) in [5.41, 5.74) is 0.964. The first-order valence-corrected chi connectivity index (χ1v) is 11.5. The minimum absolute atomic E-state index is 0.0661. The van der Waals surface area contributed by atoms with Crippen molar-refractivity contribution in [1.82, 2.24) is 10.2 Å². The van der Waals surface area contributed by atoms with Gasteiger partial charge in [0.05, 0.1) is 30.6 Å². The molecule has 8 nitrogen and oxygen atoms in total. The molecule has 170 valence electrons. The van der Waals surface area contributed by atoms with Gasteiger partial charge < -0.3 is 25.0 Å². The number of carbonyl (C=O) groups is 3. The van der Waals surface area contributed by atoms with Crippen LogP contribution in [-0.4, -0.2) is 61.6 Å². The predicted octanol–water partition coefficient (Wildman–Crippen LogP) is 2.45. The summed E-state index contributed by atoms with van der Waals surface area (Å²) in [6.07, 6.45) is 1.50. The molecule has 0 radical (unpaired) electrons. The number of likely N-dealkylation sites (N-methyl/N-ethyl adjacent to an activating group) is 1. The average Bonchev–Trinajstić information content (AvgIpc) is 3.29. The number of ether oxygens (including phenoxy) is 2. The maximum Gasteiger partial charge on any atom is 0.257 e. The van der Waals surface area contributed by atoms with Gasteiger partial charge in [0.15, 0.2) is 0 Å². The van der Waals surface area contributed by atoms with E-state index in [1.165, 1.54) is 11.3 Å². The largest absolute Gasteiger partial charge is 0.490 e. The topological polar surface area (TPSA) is 97.0 Å². The van der Waals surface area contributed by atoms with Crippen molar-refractivity contribution < 1.29 is 23.9 Å². The summed E-state index contributed by atoms with van der Waals surface area (Å²) in [4.78, 5) is 40.0. The van der Waals surface area contributed by atoms with Gasteiger partial charge in [0.25, 0.3) is 5.91 Å². The summed E-state index contributed by atoms with van der Waals surface area (Å²) in [6.45, 7) is 0.281. The van der Waals surface area contributed by atoms with Crippen LogP contribution in [0.3, 0.4) is 0 Å². The molecule has 0 spiro atoms. The number of fused-ring (bicyclic) bond motifs is 2. The second kappa shape index (κ2) is 9.70. The Hall–Kier alpha value is -2.91. The van der Waals surface area contributed by atoms with Crippen LogP contribution in [0.5, 0.6) is 5.75 Å². The highest BCUT2D eigenvalue weighted by molar-refractivity contribution is 7.10. The molecule has 1 fully saturated rings. The van der Waals surface area contributed by atoms with E-state index in [2.05, 4.69) is 10.6 Å². The van der Waals surface area contributed by atoms with E-state index in [1.54, 1.807) is 37.2 Å². The third kappa shape index (κ3) is 4.94. The lowest BCUT2D eigenvalue weighted by atomic mass is 9.94. The molecule has 3 heterocycles. The van der Waals surface area contributed by atoms with Crippen LogP contribution >= 0.6 is 11.3 Å². The van der Waals surface area contributed by atoms with Crippen molar-refractivity contribution >= 4 is 34.7 Å². The fraction of sp³-hybridized carbons (Fsp3) is 0.435. The predicted molar refractivity (Wildman–Crippen MR) is 121 cm³/mol. The van der Waals surface area contributed by atoms with Gasteiger partial charge in [-0.2, -0.15) is 0 Å². The van der Waals surface area contributed by atoms with Gasteiger partial charge in [0.2, 0.25) is 11.8 Å². The lowest BCUT2D eigenvalue weighted by Gasteiger charge is -2.42. The molecule has 1 saturated heterocycles. The fourth-order valence-electron chi connectivity index (χ4n) is 4.19. The van der Waals surface area contributed by atoms with Crippen LogP contribution in [0.1, 0.15) is 34.5 Å². The lowest BCUT2D eigenvalue weighted by molar-refractivity contribution is -0.133. The van der Waals surface area contributed by atoms with Gasteiger partial charge in [-0.1, -0.05) is 6.07 Å². The van der Waals surface area contributed by atoms with Crippen molar-refractivity contribution in [2.24, 2.45) is 0 Å². The van der Waals surface area contributed by atoms with Gasteiger partial charge in [-0.3, -0.25) is 14.4 Å². The molecular weight excluding hydrogens is 430 g/mol. The molecule has 2 aliphatic heterocycles. The minimum Gasteiger partial charge on any atom is -0.490 e. The van der Waals surface area contributed by atoms with Gasteiger partial charge in [0, 0.05) is 24.7 Å². The summed E-state index contributed by atoms with van der Waals surface area (Å²) < 4.78 is 12.1. The number of hydrogen-bond donors (Lipinski definition) is 2. The molecule has 3 atom stereocenters. The fourth-order valence-corrected chi connectivity index (χ4v) is 4.89. The molecule has 1 aromatic carbocycles. The molecule has 3 amide bonds. The van der Waals surface area contributed by atoms with Crippen molar-refractivity contribution in [3.8, 4) is 5.75 Å². The first kappa shape index (κ1) is 22.3. The van der Waals surface area contributed by atoms with Crippen LogP contribution in [0.15, 0.2) is 35.7 Å². The molecular formula is C23H27N3O5S. The molecule has 2 aliphatic rings. The van der Waals surface area contributed by atoms with Gasteiger partial charge in [-0.25, -0.2) is 0 Å². The van der Waals surface area contributed by atoms with E-state index in [1.807, 2.05) is 17.5 Å². The number of amides is 3. The zero-order valence-corrected chi connectivity index (χ0v) is 18.9. The molecule has 9 heteroatoms. The summed E-state index contributed by atoms with van der Waals surface area (Å²) in [5.74, 6) is 0.0671. The van der Waals surface area contributed by atoms with Crippen LogP contribution in [0.4, 0.5) is 5.69 Å². The van der Waals surface area contributed by atoms with Crippen LogP contribution in [0.2, 0.25) is 0 Å². The van der Waals surface area contributed by atoms with Crippen LogP contribution in [-0.2, 0) is 20.7 Å². The molecule has 0 bridgehead atoms. The van der Waals surface area contributed by atoms with Gasteiger partial charge >= 0.3 is 0 Å². The third-order valence-electron chi connectivity index (χ3n) is 5.90. The Morgan fingerprint density at radius 1 is 1.22 bits per heavy atom. The molecule has 2 aromatic rings. The highest BCUT2D eigenvalue weighted by Gasteiger charge is 2.39. The quantitative estimate of drug-likeness (QED) is 0.719. The van der Waals surface area contributed by atoms with Gasteiger partial charge in [0.1, 0.15) is 18.5 Å². The van der Waals surface area contributed by atoms with Crippen molar-refractivity contribution in [2.45, 2.75) is 43.9 Å². The molecule has 2 N–H and O–H groups in total. The Morgan fingerprint density at radius 2 is 2.06 bits per heavy atom. The Balaban J connectivity index is 1.48. The highest BCUT2D eigenvalue weighted by atomic mass is 32.1. The van der Waals surface area contributed by atoms with E-state index in [0.29, 0.717) is 29.8 Å². The number of nitrogens with one attached hydrogen (secondary N) is 2. The monoisotopic (exact) mass is 457 g/mol. The molecule has 0 saturated carbocycles. The van der Waals surface area contributed by atoms with Crippen LogP contribution in [0, 0.1) is 0 Å². The van der Waals surface area contributed by atoms with E-state index < -0.39 is 0 Å². The van der Waals surface area contributed by atoms with E-state index in [9.17, 15) is 14.4 Å². The maximum absolute atomic E-state index is 13.3. The second-order valence-electron chi connectivity index (χ2n) is 8.06. The zero-order valence-electron chi connectivity index (χ0n) is 18.1. The number of nitrogens with zero attached hydrogens (tertiary/aromatic N) is 1. The Bertz CT molecular complexity index is 994. The minimum atomic E-state index is -0.314. The summed E-state index contributed by atoms with van der Waals surface area (Å²) >= 11 is 1.53. The third-order valence-corrected chi connectivity index (χ3v) is 6.78. The number of thiophene rings is 1. The molecule has 0 unspecified atom stereocenters. The zero-order chi connectivity index (χ0) is 22.7. The highest BCUT2D eigenvalue weighted by Crippen LogP contribution is 2.32. The van der Waals surface area contributed by atoms with E-state index in [-0.39, 0.29) is 49.0 Å². The summed E-state index contributed by atoms with van der Waals surface area (Å²) in [6, 6.07) is 8.78.